The molecule has 0 saturated carbocycles. The van der Waals surface area contributed by atoms with Gasteiger partial charge in [0.2, 0.25) is 5.78 Å². The summed E-state index contributed by atoms with van der Waals surface area (Å²) in [4.78, 5) is 32.6. The number of aryl methyl sites for hydroxylation is 1. The van der Waals surface area contributed by atoms with Gasteiger partial charge in [0.15, 0.2) is 6.10 Å². The van der Waals surface area contributed by atoms with Crippen LogP contribution in [0.25, 0.3) is 27.2 Å². The van der Waals surface area contributed by atoms with Crippen molar-refractivity contribution in [2.45, 2.75) is 20.0 Å². The van der Waals surface area contributed by atoms with Gasteiger partial charge in [0.05, 0.1) is 10.2 Å². The number of nitrogens with one attached hydrogen (secondary N) is 1. The van der Waals surface area contributed by atoms with E-state index >= 15 is 0 Å². The third kappa shape index (κ3) is 3.46. The Bertz CT molecular complexity index is 1190. The average Bonchev–Trinajstić information content (AvgIpc) is 3.25. The van der Waals surface area contributed by atoms with Crippen LogP contribution in [-0.4, -0.2) is 27.8 Å². The molecule has 5 nitrogen and oxygen atoms in total. The second-order valence-electron chi connectivity index (χ2n) is 6.47. The topological polar surface area (TPSA) is 72.1 Å². The van der Waals surface area contributed by atoms with Crippen molar-refractivity contribution in [2.75, 3.05) is 0 Å². The predicted molar refractivity (Wildman–Crippen MR) is 112 cm³/mol. The Hall–Kier alpha value is -3.25. The summed E-state index contributed by atoms with van der Waals surface area (Å²) in [6.45, 7) is 3.43. The molecule has 0 aliphatic heterocycles. The van der Waals surface area contributed by atoms with Crippen molar-refractivity contribution >= 4 is 50.3 Å². The van der Waals surface area contributed by atoms with Gasteiger partial charge in [-0.2, -0.15) is 0 Å². The number of para-hydroxylation sites is 2. The van der Waals surface area contributed by atoms with E-state index in [4.69, 9.17) is 4.74 Å². The molecule has 2 aromatic heterocycles. The number of carbonyl (C=O) groups is 2. The number of carbonyl (C=O) groups excluding carboxylic acids is 2. The van der Waals surface area contributed by atoms with E-state index in [9.17, 15) is 9.59 Å². The third-order valence-corrected chi connectivity index (χ3v) is 5.48. The molecule has 140 valence electrons. The maximum absolute atomic E-state index is 12.8. The zero-order valence-electron chi connectivity index (χ0n) is 15.4. The van der Waals surface area contributed by atoms with Crippen LogP contribution in [0.1, 0.15) is 28.0 Å². The summed E-state index contributed by atoms with van der Waals surface area (Å²) in [6, 6.07) is 15.3. The van der Waals surface area contributed by atoms with Gasteiger partial charge in [-0.15, -0.1) is 11.3 Å². The molecule has 0 unspecified atom stereocenters. The quantitative estimate of drug-likeness (QED) is 0.298. The number of hydrogen-bond donors (Lipinski definition) is 1. The summed E-state index contributed by atoms with van der Waals surface area (Å²) in [6.07, 6.45) is 2.04. The Balaban J connectivity index is 1.47. The third-order valence-electron chi connectivity index (χ3n) is 4.47. The van der Waals surface area contributed by atoms with Gasteiger partial charge in [-0.3, -0.25) is 4.79 Å². The number of rotatable bonds is 5. The van der Waals surface area contributed by atoms with Gasteiger partial charge in [-0.1, -0.05) is 30.3 Å². The summed E-state index contributed by atoms with van der Waals surface area (Å²) < 4.78 is 6.37. The second-order valence-corrected chi connectivity index (χ2v) is 7.53. The number of Topliss-reactive ketones (excluding diaryl/α,β-unsaturated/α-hetero) is 1. The molecule has 6 heteroatoms. The predicted octanol–water partition coefficient (Wildman–Crippen LogP) is 4.91. The smallest absolute Gasteiger partial charge is 0.331 e. The van der Waals surface area contributed by atoms with E-state index in [1.165, 1.54) is 17.4 Å². The summed E-state index contributed by atoms with van der Waals surface area (Å²) in [5, 5.41) is 1.54. The number of fused-ring (bicyclic) bond motifs is 2. The van der Waals surface area contributed by atoms with Crippen LogP contribution in [0.4, 0.5) is 0 Å². The molecule has 28 heavy (non-hydrogen) atoms. The van der Waals surface area contributed by atoms with Crippen molar-refractivity contribution < 1.29 is 14.3 Å². The van der Waals surface area contributed by atoms with Gasteiger partial charge in [0.1, 0.15) is 5.01 Å². The number of benzene rings is 2. The van der Waals surface area contributed by atoms with Gasteiger partial charge >= 0.3 is 5.97 Å². The first kappa shape index (κ1) is 18.1. The normalized spacial score (nSPS) is 12.6. The molecule has 2 aromatic carbocycles. The Morgan fingerprint density at radius 3 is 2.71 bits per heavy atom. The largest absolute Gasteiger partial charge is 0.451 e. The number of esters is 1. The molecule has 0 bridgehead atoms. The summed E-state index contributed by atoms with van der Waals surface area (Å²) in [5.41, 5.74) is 3.10. The monoisotopic (exact) mass is 390 g/mol. The zero-order valence-corrected chi connectivity index (χ0v) is 16.2. The van der Waals surface area contributed by atoms with Crippen LogP contribution in [0.2, 0.25) is 0 Å². The first-order valence-electron chi connectivity index (χ1n) is 8.88. The fourth-order valence-electron chi connectivity index (χ4n) is 3.17. The first-order chi connectivity index (χ1) is 13.5. The highest BCUT2D eigenvalue weighted by Crippen LogP contribution is 2.24. The molecule has 2 heterocycles. The van der Waals surface area contributed by atoms with Crippen LogP contribution in [0.15, 0.2) is 54.6 Å². The molecule has 0 aliphatic carbocycles. The lowest BCUT2D eigenvalue weighted by molar-refractivity contribution is -0.140. The van der Waals surface area contributed by atoms with Crippen LogP contribution in [0, 0.1) is 6.92 Å². The molecule has 0 radical (unpaired) electrons. The standard InChI is InChI=1S/C22H18N2O3S/c1-13-21(15-7-3-4-8-16(15)23-13)22(26)14(2)27-20(25)12-11-19-24-17-9-5-6-10-18(17)28-19/h3-12,14,23H,1-2H3/b12-11+/t14-/m0/s1. The van der Waals surface area contributed by atoms with Crippen molar-refractivity contribution in [3.63, 3.8) is 0 Å². The fraction of sp³-hybridized carbons (Fsp3) is 0.136. The van der Waals surface area contributed by atoms with E-state index in [1.54, 1.807) is 13.0 Å². The molecule has 1 atom stereocenters. The van der Waals surface area contributed by atoms with Crippen molar-refractivity contribution in [2.24, 2.45) is 0 Å². The molecule has 4 rings (SSSR count). The van der Waals surface area contributed by atoms with Crippen LogP contribution < -0.4 is 0 Å². The first-order valence-corrected chi connectivity index (χ1v) is 9.70. The Morgan fingerprint density at radius 2 is 1.89 bits per heavy atom. The van der Waals surface area contributed by atoms with Gasteiger partial charge in [0.25, 0.3) is 0 Å². The van der Waals surface area contributed by atoms with E-state index in [0.29, 0.717) is 10.6 Å². The molecule has 0 fully saturated rings. The second kappa shape index (κ2) is 7.40. The van der Waals surface area contributed by atoms with E-state index in [1.807, 2.05) is 55.5 Å². The highest BCUT2D eigenvalue weighted by atomic mass is 32.1. The van der Waals surface area contributed by atoms with Crippen molar-refractivity contribution in [3.8, 4) is 0 Å². The number of aromatic amines is 1. The lowest BCUT2D eigenvalue weighted by atomic mass is 10.0. The van der Waals surface area contributed by atoms with Crippen LogP contribution in [0.3, 0.4) is 0 Å². The molecular formula is C22H18N2O3S. The number of nitrogens with zero attached hydrogens (tertiary/aromatic N) is 1. The highest BCUT2D eigenvalue weighted by molar-refractivity contribution is 7.19. The van der Waals surface area contributed by atoms with Crippen LogP contribution in [0.5, 0.6) is 0 Å². The van der Waals surface area contributed by atoms with Crippen molar-refractivity contribution in [1.82, 2.24) is 9.97 Å². The van der Waals surface area contributed by atoms with E-state index in [-0.39, 0.29) is 5.78 Å². The van der Waals surface area contributed by atoms with E-state index in [0.717, 1.165) is 26.8 Å². The van der Waals surface area contributed by atoms with Crippen LogP contribution >= 0.6 is 11.3 Å². The van der Waals surface area contributed by atoms with Gasteiger partial charge < -0.3 is 9.72 Å². The molecular weight excluding hydrogens is 372 g/mol. The lowest BCUT2D eigenvalue weighted by Crippen LogP contribution is -2.24. The van der Waals surface area contributed by atoms with E-state index in [2.05, 4.69) is 9.97 Å². The van der Waals surface area contributed by atoms with Crippen molar-refractivity contribution in [3.05, 3.63) is 70.9 Å². The Morgan fingerprint density at radius 1 is 1.14 bits per heavy atom. The minimum atomic E-state index is -0.884. The number of hydrogen-bond acceptors (Lipinski definition) is 5. The Labute approximate surface area is 165 Å². The number of ether oxygens (including phenoxy) is 1. The van der Waals surface area contributed by atoms with E-state index < -0.39 is 12.1 Å². The molecule has 4 aromatic rings. The summed E-state index contributed by atoms with van der Waals surface area (Å²) in [7, 11) is 0. The number of H-pyrrole nitrogens is 1. The minimum Gasteiger partial charge on any atom is -0.451 e. The molecule has 0 amide bonds. The fourth-order valence-corrected chi connectivity index (χ4v) is 4.04. The average molecular weight is 390 g/mol. The van der Waals surface area contributed by atoms with Crippen molar-refractivity contribution in [1.29, 1.82) is 0 Å². The number of aromatic nitrogens is 2. The molecule has 0 aliphatic rings. The molecule has 0 spiro atoms. The van der Waals surface area contributed by atoms with Gasteiger partial charge in [-0.05, 0) is 38.1 Å². The zero-order chi connectivity index (χ0) is 19.7. The van der Waals surface area contributed by atoms with Gasteiger partial charge in [-0.25, -0.2) is 9.78 Å². The lowest BCUT2D eigenvalue weighted by Gasteiger charge is -2.11. The summed E-state index contributed by atoms with van der Waals surface area (Å²) in [5.74, 6) is -0.797. The van der Waals surface area contributed by atoms with Crippen LogP contribution in [-0.2, 0) is 9.53 Å². The SMILES string of the molecule is Cc1[nH]c2ccccc2c1C(=O)[C@H](C)OC(=O)/C=C/c1nc2ccccc2s1. The molecule has 0 saturated heterocycles. The molecule has 1 N–H and O–H groups in total. The summed E-state index contributed by atoms with van der Waals surface area (Å²) >= 11 is 1.49. The minimum absolute atomic E-state index is 0.225. The number of thiazole rings is 1. The Kier molecular flexibility index (Phi) is 4.79. The number of ketones is 1. The maximum atomic E-state index is 12.8. The van der Waals surface area contributed by atoms with Gasteiger partial charge in [0, 0.05) is 28.2 Å². The maximum Gasteiger partial charge on any atom is 0.331 e. The highest BCUT2D eigenvalue weighted by Gasteiger charge is 2.23.